The van der Waals surface area contributed by atoms with Gasteiger partial charge in [0.15, 0.2) is 5.78 Å². The molecule has 27 heavy (non-hydrogen) atoms. The molecule has 0 aliphatic carbocycles. The van der Waals surface area contributed by atoms with Gasteiger partial charge in [-0.15, -0.1) is 0 Å². The Labute approximate surface area is 168 Å². The third-order valence-electron chi connectivity index (χ3n) is 4.23. The first-order valence-corrected chi connectivity index (χ1v) is 9.89. The quantitative estimate of drug-likeness (QED) is 0.422. The van der Waals surface area contributed by atoms with Crippen molar-refractivity contribution in [2.45, 2.75) is 46.5 Å². The second-order valence-corrected chi connectivity index (χ2v) is 7.15. The van der Waals surface area contributed by atoms with Crippen molar-refractivity contribution in [1.29, 1.82) is 0 Å². The molecule has 0 saturated heterocycles. The number of rotatable bonds is 8. The minimum absolute atomic E-state index is 0.123. The van der Waals surface area contributed by atoms with Crippen molar-refractivity contribution in [2.75, 3.05) is 13.2 Å². The van der Waals surface area contributed by atoms with Gasteiger partial charge in [-0.2, -0.15) is 0 Å². The summed E-state index contributed by atoms with van der Waals surface area (Å²) in [5.74, 6) is -0.731. The number of hydrogen-bond acceptors (Lipinski definition) is 5. The molecule has 0 saturated carbocycles. The highest BCUT2D eigenvalue weighted by Crippen LogP contribution is 2.42. The average Bonchev–Trinajstić information content (AvgIpc) is 2.61. The second kappa shape index (κ2) is 9.74. The molecule has 1 aromatic carbocycles. The molecule has 146 valence electrons. The van der Waals surface area contributed by atoms with Crippen molar-refractivity contribution in [3.8, 4) is 0 Å². The number of carbonyl (C=O) groups excluding carboxylic acids is 2. The van der Waals surface area contributed by atoms with E-state index >= 15 is 0 Å². The van der Waals surface area contributed by atoms with E-state index in [-0.39, 0.29) is 23.9 Å². The van der Waals surface area contributed by atoms with Gasteiger partial charge in [-0.05, 0) is 44.9 Å². The molecule has 5 nitrogen and oxygen atoms in total. The zero-order valence-electron chi connectivity index (χ0n) is 16.1. The van der Waals surface area contributed by atoms with E-state index in [1.165, 1.54) is 6.92 Å². The maximum atomic E-state index is 12.8. The molecule has 0 amide bonds. The zero-order chi connectivity index (χ0) is 20.0. The minimum atomic E-state index is -0.597. The summed E-state index contributed by atoms with van der Waals surface area (Å²) in [4.78, 5) is 25.2. The lowest BCUT2D eigenvalue weighted by Crippen LogP contribution is -2.27. The lowest BCUT2D eigenvalue weighted by atomic mass is 9.81. The molecule has 6 heteroatoms. The molecular formula is C21H25BrO5. The fourth-order valence-electron chi connectivity index (χ4n) is 2.98. The SMILES string of the molecule is CCCCOC1=C(C(=O)OCC)C(c2ccc(Br)cc2)C(C(C)=O)=C(C)O1. The zero-order valence-corrected chi connectivity index (χ0v) is 17.7. The van der Waals surface area contributed by atoms with E-state index in [9.17, 15) is 9.59 Å². The van der Waals surface area contributed by atoms with Gasteiger partial charge >= 0.3 is 5.97 Å². The van der Waals surface area contributed by atoms with Crippen molar-refractivity contribution in [1.82, 2.24) is 0 Å². The number of ketones is 1. The smallest absolute Gasteiger partial charge is 0.342 e. The molecule has 1 unspecified atom stereocenters. The number of hydrogen-bond donors (Lipinski definition) is 0. The molecule has 0 N–H and O–H groups in total. The van der Waals surface area contributed by atoms with Gasteiger partial charge in [0.25, 0.3) is 5.95 Å². The van der Waals surface area contributed by atoms with Crippen LogP contribution in [0.2, 0.25) is 0 Å². The largest absolute Gasteiger partial charge is 0.465 e. The lowest BCUT2D eigenvalue weighted by Gasteiger charge is -2.29. The van der Waals surface area contributed by atoms with Crippen LogP contribution < -0.4 is 0 Å². The fourth-order valence-corrected chi connectivity index (χ4v) is 3.24. The summed E-state index contributed by atoms with van der Waals surface area (Å²) < 4.78 is 17.7. The second-order valence-electron chi connectivity index (χ2n) is 6.24. The molecule has 1 heterocycles. The summed E-state index contributed by atoms with van der Waals surface area (Å²) in [5.41, 5.74) is 1.46. The number of unbranched alkanes of at least 4 members (excludes halogenated alkanes) is 1. The van der Waals surface area contributed by atoms with E-state index in [1.807, 2.05) is 24.3 Å². The third-order valence-corrected chi connectivity index (χ3v) is 4.76. The molecule has 1 atom stereocenters. The van der Waals surface area contributed by atoms with Gasteiger partial charge in [0.05, 0.1) is 19.1 Å². The number of benzene rings is 1. The van der Waals surface area contributed by atoms with Crippen LogP contribution in [0.4, 0.5) is 0 Å². The normalized spacial score (nSPS) is 16.9. The van der Waals surface area contributed by atoms with Gasteiger partial charge < -0.3 is 14.2 Å². The number of ether oxygens (including phenoxy) is 3. The summed E-state index contributed by atoms with van der Waals surface area (Å²) in [6.07, 6.45) is 1.78. The molecule has 1 aliphatic rings. The standard InChI is InChI=1S/C21H25BrO5/c1-5-7-12-26-21-19(20(24)25-6-2)18(15-8-10-16(22)11-9-15)17(13(3)23)14(4)27-21/h8-11,18H,5-7,12H2,1-4H3. The van der Waals surface area contributed by atoms with Gasteiger partial charge in [-0.1, -0.05) is 41.4 Å². The minimum Gasteiger partial charge on any atom is -0.465 e. The van der Waals surface area contributed by atoms with E-state index in [1.54, 1.807) is 13.8 Å². The molecule has 0 fully saturated rings. The Morgan fingerprint density at radius 3 is 2.37 bits per heavy atom. The van der Waals surface area contributed by atoms with Gasteiger partial charge in [0.2, 0.25) is 0 Å². The van der Waals surface area contributed by atoms with Crippen molar-refractivity contribution in [3.63, 3.8) is 0 Å². The summed E-state index contributed by atoms with van der Waals surface area (Å²) in [5, 5.41) is 0. The summed E-state index contributed by atoms with van der Waals surface area (Å²) in [6.45, 7) is 7.62. The molecule has 1 aromatic rings. The van der Waals surface area contributed by atoms with E-state index in [0.717, 1.165) is 22.9 Å². The van der Waals surface area contributed by atoms with Gasteiger partial charge in [0.1, 0.15) is 11.3 Å². The Hall–Kier alpha value is -2.08. The van der Waals surface area contributed by atoms with Crippen LogP contribution in [0.25, 0.3) is 0 Å². The summed E-state index contributed by atoms with van der Waals surface area (Å²) in [6, 6.07) is 7.49. The van der Waals surface area contributed by atoms with E-state index in [4.69, 9.17) is 14.2 Å². The Bertz CT molecular complexity index is 761. The summed E-state index contributed by atoms with van der Waals surface area (Å²) >= 11 is 3.42. The molecule has 1 aliphatic heterocycles. The maximum absolute atomic E-state index is 12.8. The lowest BCUT2D eigenvalue weighted by molar-refractivity contribution is -0.139. The predicted octanol–water partition coefficient (Wildman–Crippen LogP) is 5.02. The first-order chi connectivity index (χ1) is 12.9. The van der Waals surface area contributed by atoms with Crippen LogP contribution in [0.1, 0.15) is 52.0 Å². The molecule has 0 aromatic heterocycles. The molecule has 0 bridgehead atoms. The van der Waals surface area contributed by atoms with Crippen LogP contribution in [0.3, 0.4) is 0 Å². The number of allylic oxidation sites excluding steroid dienone is 2. The number of halogens is 1. The molecular weight excluding hydrogens is 412 g/mol. The van der Waals surface area contributed by atoms with E-state index < -0.39 is 11.9 Å². The highest BCUT2D eigenvalue weighted by atomic mass is 79.9. The number of carbonyl (C=O) groups is 2. The van der Waals surface area contributed by atoms with Crippen LogP contribution in [-0.2, 0) is 23.8 Å². The van der Waals surface area contributed by atoms with Crippen LogP contribution >= 0.6 is 15.9 Å². The first-order valence-electron chi connectivity index (χ1n) is 9.09. The van der Waals surface area contributed by atoms with Crippen LogP contribution in [0, 0.1) is 0 Å². The topological polar surface area (TPSA) is 61.8 Å². The molecule has 0 radical (unpaired) electrons. The Morgan fingerprint density at radius 2 is 1.81 bits per heavy atom. The molecule has 2 rings (SSSR count). The Kier molecular flexibility index (Phi) is 7.66. The highest BCUT2D eigenvalue weighted by Gasteiger charge is 2.39. The highest BCUT2D eigenvalue weighted by molar-refractivity contribution is 9.10. The third kappa shape index (κ3) is 5.01. The maximum Gasteiger partial charge on any atom is 0.342 e. The predicted molar refractivity (Wildman–Crippen MR) is 106 cm³/mol. The van der Waals surface area contributed by atoms with Crippen LogP contribution in [0.5, 0.6) is 0 Å². The van der Waals surface area contributed by atoms with E-state index in [0.29, 0.717) is 17.9 Å². The Balaban J connectivity index is 2.61. The van der Waals surface area contributed by atoms with Gasteiger partial charge in [0, 0.05) is 10.0 Å². The number of Topliss-reactive ketones (excluding diaryl/α,β-unsaturated/α-hetero) is 1. The fraction of sp³-hybridized carbons (Fsp3) is 0.429. The Morgan fingerprint density at radius 1 is 1.15 bits per heavy atom. The molecule has 0 spiro atoms. The van der Waals surface area contributed by atoms with Crippen molar-refractivity contribution in [2.24, 2.45) is 0 Å². The van der Waals surface area contributed by atoms with Crippen molar-refractivity contribution >= 4 is 27.7 Å². The summed E-state index contributed by atoms with van der Waals surface area (Å²) in [7, 11) is 0. The van der Waals surface area contributed by atoms with Crippen LogP contribution in [0.15, 0.2) is 51.6 Å². The van der Waals surface area contributed by atoms with Crippen LogP contribution in [-0.4, -0.2) is 25.0 Å². The van der Waals surface area contributed by atoms with E-state index in [2.05, 4.69) is 22.9 Å². The monoisotopic (exact) mass is 436 g/mol. The number of esters is 1. The average molecular weight is 437 g/mol. The van der Waals surface area contributed by atoms with Gasteiger partial charge in [-0.25, -0.2) is 4.79 Å². The first kappa shape index (κ1) is 21.2. The van der Waals surface area contributed by atoms with Gasteiger partial charge in [-0.3, -0.25) is 4.79 Å². The van der Waals surface area contributed by atoms with Crippen molar-refractivity contribution < 1.29 is 23.8 Å². The van der Waals surface area contributed by atoms with Crippen molar-refractivity contribution in [3.05, 3.63) is 57.2 Å².